The lowest BCUT2D eigenvalue weighted by molar-refractivity contribution is 0.909. The van der Waals surface area contributed by atoms with E-state index in [1.807, 2.05) is 30.3 Å². The smallest absolute Gasteiger partial charge is 0.205 e. The summed E-state index contributed by atoms with van der Waals surface area (Å²) in [5.41, 5.74) is 4.44. The van der Waals surface area contributed by atoms with Crippen molar-refractivity contribution < 1.29 is 0 Å². The molecule has 0 aliphatic carbocycles. The molecule has 0 aliphatic heterocycles. The molecule has 0 bridgehead atoms. The van der Waals surface area contributed by atoms with E-state index < -0.39 is 0 Å². The van der Waals surface area contributed by atoms with Gasteiger partial charge < -0.3 is 5.32 Å². The predicted octanol–water partition coefficient (Wildman–Crippen LogP) is 1.94. The summed E-state index contributed by atoms with van der Waals surface area (Å²) >= 11 is 1.45. The molecule has 18 heavy (non-hydrogen) atoms. The highest BCUT2D eigenvalue weighted by atomic mass is 32.1. The van der Waals surface area contributed by atoms with Crippen LogP contribution in [0.25, 0.3) is 11.3 Å². The molecule has 0 saturated heterocycles. The van der Waals surface area contributed by atoms with Gasteiger partial charge in [-0.1, -0.05) is 41.7 Å². The highest BCUT2D eigenvalue weighted by molar-refractivity contribution is 7.13. The van der Waals surface area contributed by atoms with Gasteiger partial charge in [0.05, 0.1) is 6.54 Å². The quantitative estimate of drug-likeness (QED) is 0.747. The third-order valence-corrected chi connectivity index (χ3v) is 3.08. The average Bonchev–Trinajstić information content (AvgIpc) is 3.09. The van der Waals surface area contributed by atoms with Gasteiger partial charge in [0.25, 0.3) is 0 Å². The number of anilines is 1. The highest BCUT2D eigenvalue weighted by Gasteiger charge is 2.09. The fraction of sp³-hybridized carbons (Fsp3) is 0.0909. The number of aromatic nitrogens is 5. The van der Waals surface area contributed by atoms with Gasteiger partial charge in [0.2, 0.25) is 5.13 Å². The van der Waals surface area contributed by atoms with Gasteiger partial charge in [-0.15, -0.1) is 10.2 Å². The second-order valence-corrected chi connectivity index (χ2v) is 4.42. The molecule has 0 radical (unpaired) electrons. The first-order valence-corrected chi connectivity index (χ1v) is 6.26. The first kappa shape index (κ1) is 10.8. The fourth-order valence-electron chi connectivity index (χ4n) is 1.61. The number of rotatable bonds is 4. The molecule has 2 heterocycles. The lowest BCUT2D eigenvalue weighted by Crippen LogP contribution is -2.01. The number of hydrogen-bond acceptors (Lipinski definition) is 6. The Bertz CT molecular complexity index is 604. The van der Waals surface area contributed by atoms with Crippen molar-refractivity contribution >= 4 is 16.5 Å². The van der Waals surface area contributed by atoms with Gasteiger partial charge in [-0.05, 0) is 0 Å². The molecule has 0 spiro atoms. The van der Waals surface area contributed by atoms with Crippen LogP contribution < -0.4 is 5.32 Å². The minimum atomic E-state index is 0.565. The molecule has 90 valence electrons. The van der Waals surface area contributed by atoms with Crippen LogP contribution >= 0.6 is 11.3 Å². The van der Waals surface area contributed by atoms with E-state index in [-0.39, 0.29) is 0 Å². The number of benzene rings is 1. The molecule has 0 saturated carbocycles. The number of nitrogens with zero attached hydrogens (tertiary/aromatic N) is 4. The lowest BCUT2D eigenvalue weighted by Gasteiger charge is -2.01. The van der Waals surface area contributed by atoms with Crippen molar-refractivity contribution in [2.45, 2.75) is 6.54 Å². The molecule has 7 heteroatoms. The Hall–Kier alpha value is -2.28. The number of hydrogen-bond donors (Lipinski definition) is 2. The van der Waals surface area contributed by atoms with Crippen molar-refractivity contribution in [3.63, 3.8) is 0 Å². The third kappa shape index (κ3) is 2.21. The van der Waals surface area contributed by atoms with Crippen LogP contribution in [0.15, 0.2) is 35.8 Å². The van der Waals surface area contributed by atoms with E-state index in [4.69, 9.17) is 0 Å². The minimum absolute atomic E-state index is 0.565. The maximum absolute atomic E-state index is 4.18. The summed E-state index contributed by atoms with van der Waals surface area (Å²) in [4.78, 5) is 0. The maximum Gasteiger partial charge on any atom is 0.205 e. The molecule has 0 atom stereocenters. The summed E-state index contributed by atoms with van der Waals surface area (Å²) in [6.07, 6.45) is 0. The topological polar surface area (TPSA) is 79.4 Å². The zero-order chi connectivity index (χ0) is 12.2. The van der Waals surface area contributed by atoms with Crippen LogP contribution in [0, 0.1) is 0 Å². The second-order valence-electron chi connectivity index (χ2n) is 3.58. The Balaban J connectivity index is 1.80. The van der Waals surface area contributed by atoms with E-state index in [0.29, 0.717) is 6.54 Å². The van der Waals surface area contributed by atoms with Crippen LogP contribution in [0.5, 0.6) is 0 Å². The number of nitrogens with one attached hydrogen (secondary N) is 2. The van der Waals surface area contributed by atoms with Gasteiger partial charge >= 0.3 is 0 Å². The molecule has 0 amide bonds. The van der Waals surface area contributed by atoms with E-state index in [1.54, 1.807) is 5.51 Å². The molecule has 2 aromatic heterocycles. The Labute approximate surface area is 107 Å². The second kappa shape index (κ2) is 4.92. The first-order chi connectivity index (χ1) is 8.93. The van der Waals surface area contributed by atoms with Gasteiger partial charge in [-0.25, -0.2) is 0 Å². The first-order valence-electron chi connectivity index (χ1n) is 5.38. The van der Waals surface area contributed by atoms with Gasteiger partial charge in [0, 0.05) is 5.56 Å². The molecule has 0 unspecified atom stereocenters. The SMILES string of the molecule is c1ccc(-c2n[nH]nc2CNc2nncs2)cc1. The van der Waals surface area contributed by atoms with Crippen molar-refractivity contribution in [2.75, 3.05) is 5.32 Å². The molecule has 2 N–H and O–H groups in total. The predicted molar refractivity (Wildman–Crippen MR) is 69.1 cm³/mol. The standard InChI is InChI=1S/C11H10N6S/c1-2-4-8(5-3-1)10-9(14-17-15-10)6-12-11-16-13-7-18-11/h1-5,7H,6H2,(H,12,16)(H,14,15,17). The normalized spacial score (nSPS) is 10.4. The van der Waals surface area contributed by atoms with Crippen LogP contribution in [0.1, 0.15) is 5.69 Å². The van der Waals surface area contributed by atoms with Crippen molar-refractivity contribution in [2.24, 2.45) is 0 Å². The Morgan fingerprint density at radius 1 is 1.17 bits per heavy atom. The summed E-state index contributed by atoms with van der Waals surface area (Å²) < 4.78 is 0. The molecule has 0 aliphatic rings. The summed E-state index contributed by atoms with van der Waals surface area (Å²) in [7, 11) is 0. The van der Waals surface area contributed by atoms with E-state index in [0.717, 1.165) is 22.1 Å². The van der Waals surface area contributed by atoms with Gasteiger partial charge in [0.1, 0.15) is 16.9 Å². The summed E-state index contributed by atoms with van der Waals surface area (Å²) in [5.74, 6) is 0. The van der Waals surface area contributed by atoms with Crippen molar-refractivity contribution in [3.05, 3.63) is 41.5 Å². The van der Waals surface area contributed by atoms with Gasteiger partial charge in [-0.2, -0.15) is 15.4 Å². The van der Waals surface area contributed by atoms with Crippen LogP contribution in [0.4, 0.5) is 5.13 Å². The maximum atomic E-state index is 4.18. The molecule has 3 rings (SSSR count). The van der Waals surface area contributed by atoms with Crippen molar-refractivity contribution in [1.82, 2.24) is 25.6 Å². The van der Waals surface area contributed by atoms with Crippen LogP contribution in [-0.2, 0) is 6.54 Å². The summed E-state index contributed by atoms with van der Waals surface area (Å²) in [6.45, 7) is 0.565. The largest absolute Gasteiger partial charge is 0.354 e. The molecular formula is C11H10N6S. The summed E-state index contributed by atoms with van der Waals surface area (Å²) in [5, 5.41) is 22.6. The monoisotopic (exact) mass is 258 g/mol. The Morgan fingerprint density at radius 3 is 2.83 bits per heavy atom. The molecule has 1 aromatic carbocycles. The number of aromatic amines is 1. The van der Waals surface area contributed by atoms with Gasteiger partial charge in [0.15, 0.2) is 0 Å². The molecular weight excluding hydrogens is 248 g/mol. The molecule has 6 nitrogen and oxygen atoms in total. The van der Waals surface area contributed by atoms with Crippen LogP contribution in [0.2, 0.25) is 0 Å². The third-order valence-electron chi connectivity index (χ3n) is 2.43. The van der Waals surface area contributed by atoms with Crippen molar-refractivity contribution in [1.29, 1.82) is 0 Å². The van der Waals surface area contributed by atoms with E-state index in [2.05, 4.69) is 30.9 Å². The van der Waals surface area contributed by atoms with Crippen LogP contribution in [-0.4, -0.2) is 25.6 Å². The molecule has 0 fully saturated rings. The van der Waals surface area contributed by atoms with E-state index in [1.165, 1.54) is 11.3 Å². The minimum Gasteiger partial charge on any atom is -0.354 e. The van der Waals surface area contributed by atoms with E-state index in [9.17, 15) is 0 Å². The van der Waals surface area contributed by atoms with E-state index >= 15 is 0 Å². The molecule has 3 aromatic rings. The highest BCUT2D eigenvalue weighted by Crippen LogP contribution is 2.20. The Morgan fingerprint density at radius 2 is 2.06 bits per heavy atom. The zero-order valence-electron chi connectivity index (χ0n) is 9.37. The van der Waals surface area contributed by atoms with Crippen LogP contribution in [0.3, 0.4) is 0 Å². The number of H-pyrrole nitrogens is 1. The zero-order valence-corrected chi connectivity index (χ0v) is 10.2. The van der Waals surface area contributed by atoms with Gasteiger partial charge in [-0.3, -0.25) is 0 Å². The fourth-order valence-corrected chi connectivity index (χ4v) is 2.06. The summed E-state index contributed by atoms with van der Waals surface area (Å²) in [6, 6.07) is 9.94. The lowest BCUT2D eigenvalue weighted by atomic mass is 10.1. The average molecular weight is 258 g/mol. The Kier molecular flexibility index (Phi) is 2.97. The van der Waals surface area contributed by atoms with Crippen molar-refractivity contribution in [3.8, 4) is 11.3 Å².